The summed E-state index contributed by atoms with van der Waals surface area (Å²) >= 11 is 3.01. The summed E-state index contributed by atoms with van der Waals surface area (Å²) in [6.45, 7) is 3.86. The largest absolute Gasteiger partial charge is 0.352 e. The maximum atomic E-state index is 11.7. The van der Waals surface area contributed by atoms with E-state index in [1.54, 1.807) is 0 Å². The quantitative estimate of drug-likeness (QED) is 0.834. The van der Waals surface area contributed by atoms with Gasteiger partial charge in [0.1, 0.15) is 6.54 Å². The first kappa shape index (κ1) is 14.7. The van der Waals surface area contributed by atoms with Gasteiger partial charge >= 0.3 is 5.69 Å². The average Bonchev–Trinajstić information content (AvgIpc) is 2.33. The number of aromatic amines is 1. The molecule has 7 heteroatoms. The predicted molar refractivity (Wildman–Crippen MR) is 71.5 cm³/mol. The summed E-state index contributed by atoms with van der Waals surface area (Å²) in [5, 5.41) is 2.82. The molecule has 100 valence electrons. The van der Waals surface area contributed by atoms with Crippen molar-refractivity contribution in [2.75, 3.05) is 0 Å². The Hall–Kier alpha value is -1.37. The standard InChI is InChI=1S/C11H16BrN3O3/c1-3-7(4-2)13-9(16)6-15-5-8(12)10(17)14-11(15)18/h5,7H,3-4,6H2,1-2H3,(H,13,16)(H,14,17,18). The molecule has 0 fully saturated rings. The molecule has 1 aromatic rings. The van der Waals surface area contributed by atoms with Crippen molar-refractivity contribution in [3.05, 3.63) is 31.5 Å². The van der Waals surface area contributed by atoms with Crippen molar-refractivity contribution in [3.8, 4) is 0 Å². The second-order valence-corrected chi connectivity index (χ2v) is 4.80. The molecule has 1 amide bonds. The van der Waals surface area contributed by atoms with Gasteiger partial charge in [-0.3, -0.25) is 19.1 Å². The average molecular weight is 318 g/mol. The van der Waals surface area contributed by atoms with Crippen LogP contribution < -0.4 is 16.6 Å². The van der Waals surface area contributed by atoms with Crippen LogP contribution in [0.1, 0.15) is 26.7 Å². The van der Waals surface area contributed by atoms with E-state index in [2.05, 4.69) is 26.2 Å². The smallest absolute Gasteiger partial charge is 0.328 e. The minimum absolute atomic E-state index is 0.106. The maximum absolute atomic E-state index is 11.7. The predicted octanol–water partition coefficient (Wildman–Crippen LogP) is 0.604. The Balaban J connectivity index is 2.79. The Morgan fingerprint density at radius 2 is 2.06 bits per heavy atom. The lowest BCUT2D eigenvalue weighted by atomic mass is 10.2. The van der Waals surface area contributed by atoms with Crippen molar-refractivity contribution in [1.82, 2.24) is 14.9 Å². The normalized spacial score (nSPS) is 10.7. The number of amides is 1. The van der Waals surface area contributed by atoms with E-state index in [0.29, 0.717) is 0 Å². The topological polar surface area (TPSA) is 84.0 Å². The molecule has 2 N–H and O–H groups in total. The van der Waals surface area contributed by atoms with Crippen LogP contribution in [0.15, 0.2) is 20.3 Å². The van der Waals surface area contributed by atoms with Crippen molar-refractivity contribution in [2.24, 2.45) is 0 Å². The van der Waals surface area contributed by atoms with E-state index in [9.17, 15) is 14.4 Å². The molecule has 0 unspecified atom stereocenters. The number of hydrogen-bond donors (Lipinski definition) is 2. The summed E-state index contributed by atoms with van der Waals surface area (Å²) in [6.07, 6.45) is 2.99. The monoisotopic (exact) mass is 317 g/mol. The van der Waals surface area contributed by atoms with E-state index in [4.69, 9.17) is 0 Å². The molecule has 6 nitrogen and oxygen atoms in total. The van der Waals surface area contributed by atoms with Crippen molar-refractivity contribution in [2.45, 2.75) is 39.3 Å². The number of H-pyrrole nitrogens is 1. The molecular formula is C11H16BrN3O3. The van der Waals surface area contributed by atoms with Gasteiger partial charge in [-0.25, -0.2) is 4.79 Å². The summed E-state index contributed by atoms with van der Waals surface area (Å²) in [6, 6.07) is 0.111. The fraction of sp³-hybridized carbons (Fsp3) is 0.545. The lowest BCUT2D eigenvalue weighted by Gasteiger charge is -2.15. The highest BCUT2D eigenvalue weighted by Crippen LogP contribution is 1.99. The molecule has 0 aromatic carbocycles. The van der Waals surface area contributed by atoms with Gasteiger partial charge in [0.05, 0.1) is 4.47 Å². The van der Waals surface area contributed by atoms with E-state index in [-0.39, 0.29) is 23.0 Å². The molecule has 0 aliphatic carbocycles. The fourth-order valence-electron chi connectivity index (χ4n) is 1.52. The van der Waals surface area contributed by atoms with Crippen molar-refractivity contribution in [3.63, 3.8) is 0 Å². The van der Waals surface area contributed by atoms with Crippen molar-refractivity contribution >= 4 is 21.8 Å². The highest BCUT2D eigenvalue weighted by molar-refractivity contribution is 9.10. The van der Waals surface area contributed by atoms with Gasteiger partial charge in [0.25, 0.3) is 5.56 Å². The van der Waals surface area contributed by atoms with Crippen LogP contribution in [-0.2, 0) is 11.3 Å². The minimum Gasteiger partial charge on any atom is -0.352 e. The fourth-order valence-corrected chi connectivity index (χ4v) is 1.87. The summed E-state index contributed by atoms with van der Waals surface area (Å²) < 4.78 is 1.38. The molecule has 0 saturated heterocycles. The molecule has 0 aliphatic rings. The molecule has 0 spiro atoms. The molecule has 1 heterocycles. The Morgan fingerprint density at radius 1 is 1.44 bits per heavy atom. The molecular weight excluding hydrogens is 302 g/mol. The Bertz CT molecular complexity index is 531. The number of aromatic nitrogens is 2. The third-order valence-corrected chi connectivity index (χ3v) is 3.20. The summed E-state index contributed by atoms with van der Waals surface area (Å²) in [5.41, 5.74) is -1.10. The number of hydrogen-bond acceptors (Lipinski definition) is 3. The van der Waals surface area contributed by atoms with E-state index >= 15 is 0 Å². The second-order valence-electron chi connectivity index (χ2n) is 3.95. The van der Waals surface area contributed by atoms with Crippen LogP contribution >= 0.6 is 15.9 Å². The van der Waals surface area contributed by atoms with Crippen LogP contribution in [0.2, 0.25) is 0 Å². The van der Waals surface area contributed by atoms with E-state index < -0.39 is 11.2 Å². The van der Waals surface area contributed by atoms with Crippen LogP contribution in [0, 0.1) is 0 Å². The zero-order valence-corrected chi connectivity index (χ0v) is 11.9. The second kappa shape index (κ2) is 6.53. The van der Waals surface area contributed by atoms with Crippen molar-refractivity contribution < 1.29 is 4.79 Å². The van der Waals surface area contributed by atoms with E-state index in [1.165, 1.54) is 6.20 Å². The van der Waals surface area contributed by atoms with E-state index in [1.807, 2.05) is 13.8 Å². The highest BCUT2D eigenvalue weighted by atomic mass is 79.9. The first-order valence-electron chi connectivity index (χ1n) is 5.76. The minimum atomic E-state index is -0.595. The first-order valence-corrected chi connectivity index (χ1v) is 6.55. The van der Waals surface area contributed by atoms with Gasteiger partial charge in [-0.05, 0) is 28.8 Å². The number of carbonyl (C=O) groups excluding carboxylic acids is 1. The molecule has 0 radical (unpaired) electrons. The third-order valence-electron chi connectivity index (χ3n) is 2.63. The number of nitrogens with zero attached hydrogens (tertiary/aromatic N) is 1. The SMILES string of the molecule is CCC(CC)NC(=O)Cn1cc(Br)c(=O)[nH]c1=O. The molecule has 1 aromatic heterocycles. The number of rotatable bonds is 5. The van der Waals surface area contributed by atoms with Crippen LogP contribution in [0.5, 0.6) is 0 Å². The first-order chi connectivity index (χ1) is 8.47. The third kappa shape index (κ3) is 3.83. The van der Waals surface area contributed by atoms with Gasteiger partial charge in [-0.2, -0.15) is 0 Å². The van der Waals surface area contributed by atoms with Crippen LogP contribution in [0.25, 0.3) is 0 Å². The zero-order valence-electron chi connectivity index (χ0n) is 10.3. The molecule has 0 bridgehead atoms. The van der Waals surface area contributed by atoms with Crippen LogP contribution in [0.4, 0.5) is 0 Å². The molecule has 18 heavy (non-hydrogen) atoms. The molecule has 0 aliphatic heterocycles. The summed E-state index contributed by atoms with van der Waals surface area (Å²) in [7, 11) is 0. The Labute approximate surface area is 113 Å². The maximum Gasteiger partial charge on any atom is 0.328 e. The van der Waals surface area contributed by atoms with Crippen LogP contribution in [-0.4, -0.2) is 21.5 Å². The summed E-state index contributed by atoms with van der Waals surface area (Å²) in [4.78, 5) is 36.4. The lowest BCUT2D eigenvalue weighted by molar-refractivity contribution is -0.122. The van der Waals surface area contributed by atoms with Crippen LogP contribution in [0.3, 0.4) is 0 Å². The van der Waals surface area contributed by atoms with Gasteiger partial charge < -0.3 is 5.32 Å². The lowest BCUT2D eigenvalue weighted by Crippen LogP contribution is -2.39. The van der Waals surface area contributed by atoms with Gasteiger partial charge in [0.15, 0.2) is 0 Å². The highest BCUT2D eigenvalue weighted by Gasteiger charge is 2.10. The number of halogens is 1. The zero-order chi connectivity index (χ0) is 13.7. The Kier molecular flexibility index (Phi) is 5.33. The van der Waals surface area contributed by atoms with Gasteiger partial charge in [-0.1, -0.05) is 13.8 Å². The number of nitrogens with one attached hydrogen (secondary N) is 2. The molecule has 0 atom stereocenters. The number of carbonyl (C=O) groups is 1. The van der Waals surface area contributed by atoms with E-state index in [0.717, 1.165) is 17.4 Å². The van der Waals surface area contributed by atoms with Gasteiger partial charge in [0, 0.05) is 12.2 Å². The van der Waals surface area contributed by atoms with Crippen molar-refractivity contribution in [1.29, 1.82) is 0 Å². The molecule has 0 saturated carbocycles. The summed E-state index contributed by atoms with van der Waals surface area (Å²) in [5.74, 6) is -0.246. The van der Waals surface area contributed by atoms with Gasteiger partial charge in [-0.15, -0.1) is 0 Å². The molecule has 1 rings (SSSR count). The Morgan fingerprint density at radius 3 is 2.61 bits per heavy atom. The van der Waals surface area contributed by atoms with Gasteiger partial charge in [0.2, 0.25) is 5.91 Å².